The van der Waals surface area contributed by atoms with Crippen LogP contribution in [0.15, 0.2) is 5.16 Å². The van der Waals surface area contributed by atoms with E-state index in [1.807, 2.05) is 0 Å². The summed E-state index contributed by atoms with van der Waals surface area (Å²) in [4.78, 5) is 0. The summed E-state index contributed by atoms with van der Waals surface area (Å²) in [5.41, 5.74) is 5.30. The third kappa shape index (κ3) is 6.44. The molecule has 0 fully saturated rings. The summed E-state index contributed by atoms with van der Waals surface area (Å²) >= 11 is 0. The van der Waals surface area contributed by atoms with Gasteiger partial charge in [-0.05, 0) is 6.42 Å². The molecule has 0 aliphatic carbocycles. The molecule has 0 rings (SSSR count). The Bertz CT molecular complexity index is 329. The monoisotopic (exact) mass is 267 g/mol. The average Bonchev–Trinajstić information content (AvgIpc) is 2.29. The molecule has 0 aliphatic heterocycles. The van der Waals surface area contributed by atoms with E-state index >= 15 is 0 Å². The Labute approximate surface area is 102 Å². The third-order valence-electron chi connectivity index (χ3n) is 2.24. The van der Waals surface area contributed by atoms with Crippen LogP contribution in [0.1, 0.15) is 19.8 Å². The topological polar surface area (TPSA) is 105 Å². The first kappa shape index (κ1) is 16.1. The molecule has 17 heavy (non-hydrogen) atoms. The van der Waals surface area contributed by atoms with Crippen molar-refractivity contribution in [3.8, 4) is 0 Å². The summed E-state index contributed by atoms with van der Waals surface area (Å²) in [6.07, 6.45) is 0.673. The third-order valence-corrected chi connectivity index (χ3v) is 4.27. The zero-order valence-electron chi connectivity index (χ0n) is 10.3. The van der Waals surface area contributed by atoms with Gasteiger partial charge in [-0.3, -0.25) is 0 Å². The smallest absolute Gasteiger partial charge is 0.214 e. The van der Waals surface area contributed by atoms with Crippen LogP contribution in [-0.4, -0.2) is 56.3 Å². The average molecular weight is 267 g/mol. The molecule has 0 aliphatic rings. The second-order valence-electron chi connectivity index (χ2n) is 3.50. The van der Waals surface area contributed by atoms with Crippen molar-refractivity contribution < 1.29 is 18.4 Å². The fourth-order valence-electron chi connectivity index (χ4n) is 1.30. The van der Waals surface area contributed by atoms with Gasteiger partial charge in [0.15, 0.2) is 0 Å². The normalized spacial score (nSPS) is 13.2. The molecule has 0 saturated carbocycles. The zero-order valence-corrected chi connectivity index (χ0v) is 11.1. The van der Waals surface area contributed by atoms with E-state index < -0.39 is 10.0 Å². The van der Waals surface area contributed by atoms with Crippen LogP contribution >= 0.6 is 0 Å². The second kappa shape index (κ2) is 8.26. The Kier molecular flexibility index (Phi) is 7.85. The Morgan fingerprint density at radius 2 is 2.18 bits per heavy atom. The van der Waals surface area contributed by atoms with Gasteiger partial charge in [-0.2, -0.15) is 0 Å². The minimum absolute atomic E-state index is 0.0236. The van der Waals surface area contributed by atoms with Gasteiger partial charge < -0.3 is 15.7 Å². The highest BCUT2D eigenvalue weighted by molar-refractivity contribution is 7.89. The molecule has 0 atom stereocenters. The lowest BCUT2D eigenvalue weighted by Crippen LogP contribution is -2.35. The van der Waals surface area contributed by atoms with Crippen LogP contribution in [0, 0.1) is 0 Å². The van der Waals surface area contributed by atoms with Gasteiger partial charge >= 0.3 is 0 Å². The number of nitrogens with zero attached hydrogens (tertiary/aromatic N) is 2. The number of rotatable bonds is 9. The number of amidine groups is 1. The molecule has 0 saturated heterocycles. The molecule has 0 spiro atoms. The van der Waals surface area contributed by atoms with Crippen molar-refractivity contribution in [2.24, 2.45) is 10.9 Å². The maximum atomic E-state index is 11.9. The van der Waals surface area contributed by atoms with Gasteiger partial charge in [0, 0.05) is 33.2 Å². The molecule has 0 amide bonds. The van der Waals surface area contributed by atoms with Gasteiger partial charge in [0.2, 0.25) is 10.0 Å². The lowest BCUT2D eigenvalue weighted by Gasteiger charge is -2.19. The van der Waals surface area contributed by atoms with E-state index in [9.17, 15) is 8.42 Å². The van der Waals surface area contributed by atoms with E-state index in [0.717, 1.165) is 0 Å². The largest absolute Gasteiger partial charge is 0.409 e. The predicted octanol–water partition coefficient (Wildman–Crippen LogP) is -0.189. The highest BCUT2D eigenvalue weighted by Gasteiger charge is 2.19. The van der Waals surface area contributed by atoms with Crippen molar-refractivity contribution in [3.63, 3.8) is 0 Å². The highest BCUT2D eigenvalue weighted by atomic mass is 32.2. The zero-order chi connectivity index (χ0) is 13.3. The number of sulfonamides is 1. The summed E-state index contributed by atoms with van der Waals surface area (Å²) in [6.45, 7) is 2.76. The van der Waals surface area contributed by atoms with Gasteiger partial charge in [0.25, 0.3) is 0 Å². The van der Waals surface area contributed by atoms with Crippen LogP contribution in [0.2, 0.25) is 0 Å². The van der Waals surface area contributed by atoms with E-state index in [0.29, 0.717) is 19.6 Å². The number of hydrogen-bond acceptors (Lipinski definition) is 5. The second-order valence-corrected chi connectivity index (χ2v) is 5.58. The lowest BCUT2D eigenvalue weighted by atomic mass is 10.4. The van der Waals surface area contributed by atoms with Gasteiger partial charge in [-0.15, -0.1) is 0 Å². The Morgan fingerprint density at radius 1 is 1.53 bits per heavy atom. The van der Waals surface area contributed by atoms with Gasteiger partial charge in [-0.1, -0.05) is 12.1 Å². The standard InChI is InChI=1S/C9H21N3O4S/c1-3-12(6-5-9(10)11-13)17(14,15)8-4-7-16-2/h13H,3-8H2,1-2H3,(H2,10,11). The maximum absolute atomic E-state index is 11.9. The minimum atomic E-state index is -3.29. The number of hydrogen-bond donors (Lipinski definition) is 2. The van der Waals surface area contributed by atoms with Crippen molar-refractivity contribution >= 4 is 15.9 Å². The van der Waals surface area contributed by atoms with Crippen molar-refractivity contribution in [1.82, 2.24) is 4.31 Å². The summed E-state index contributed by atoms with van der Waals surface area (Å²) in [5.74, 6) is 0.0701. The Hall–Kier alpha value is -0.860. The first-order valence-electron chi connectivity index (χ1n) is 5.41. The summed E-state index contributed by atoms with van der Waals surface area (Å²) in [7, 11) is -1.76. The highest BCUT2D eigenvalue weighted by Crippen LogP contribution is 2.04. The first-order chi connectivity index (χ1) is 7.97. The first-order valence-corrected chi connectivity index (χ1v) is 7.02. The summed E-state index contributed by atoms with van der Waals surface area (Å²) in [6, 6.07) is 0. The van der Waals surface area contributed by atoms with Crippen molar-refractivity contribution in [2.75, 3.05) is 32.6 Å². The molecule has 0 unspecified atom stereocenters. The number of ether oxygens (including phenoxy) is 1. The molecule has 0 heterocycles. The van der Waals surface area contributed by atoms with Crippen molar-refractivity contribution in [1.29, 1.82) is 0 Å². The van der Waals surface area contributed by atoms with Crippen LogP contribution in [0.25, 0.3) is 0 Å². The number of nitrogens with two attached hydrogens (primary N) is 1. The molecular weight excluding hydrogens is 246 g/mol. The molecule has 0 aromatic rings. The van der Waals surface area contributed by atoms with E-state index in [-0.39, 0.29) is 24.6 Å². The summed E-state index contributed by atoms with van der Waals surface area (Å²) in [5, 5.41) is 11.2. The van der Waals surface area contributed by atoms with Gasteiger partial charge in [0.1, 0.15) is 5.84 Å². The van der Waals surface area contributed by atoms with Gasteiger partial charge in [0.05, 0.1) is 5.75 Å². The fraction of sp³-hybridized carbons (Fsp3) is 0.889. The van der Waals surface area contributed by atoms with Gasteiger partial charge in [-0.25, -0.2) is 12.7 Å². The Morgan fingerprint density at radius 3 is 2.65 bits per heavy atom. The van der Waals surface area contributed by atoms with E-state index in [1.54, 1.807) is 6.92 Å². The molecule has 0 bridgehead atoms. The van der Waals surface area contributed by atoms with Crippen LogP contribution in [0.4, 0.5) is 0 Å². The van der Waals surface area contributed by atoms with Crippen LogP contribution < -0.4 is 5.73 Å². The number of oxime groups is 1. The lowest BCUT2D eigenvalue weighted by molar-refractivity contribution is 0.199. The quantitative estimate of drug-likeness (QED) is 0.198. The van der Waals surface area contributed by atoms with Crippen LogP contribution in [0.3, 0.4) is 0 Å². The molecule has 0 radical (unpaired) electrons. The van der Waals surface area contributed by atoms with E-state index in [4.69, 9.17) is 15.7 Å². The molecular formula is C9H21N3O4S. The van der Waals surface area contributed by atoms with E-state index in [2.05, 4.69) is 5.16 Å². The van der Waals surface area contributed by atoms with Crippen LogP contribution in [0.5, 0.6) is 0 Å². The fourth-order valence-corrected chi connectivity index (χ4v) is 2.80. The number of methoxy groups -OCH3 is 1. The molecule has 102 valence electrons. The van der Waals surface area contributed by atoms with Crippen molar-refractivity contribution in [2.45, 2.75) is 19.8 Å². The molecule has 8 heteroatoms. The van der Waals surface area contributed by atoms with Crippen LogP contribution in [-0.2, 0) is 14.8 Å². The van der Waals surface area contributed by atoms with E-state index in [1.165, 1.54) is 11.4 Å². The molecule has 0 aromatic heterocycles. The minimum Gasteiger partial charge on any atom is -0.409 e. The summed E-state index contributed by atoms with van der Waals surface area (Å²) < 4.78 is 29.9. The van der Waals surface area contributed by atoms with Crippen molar-refractivity contribution in [3.05, 3.63) is 0 Å². The maximum Gasteiger partial charge on any atom is 0.214 e. The molecule has 3 N–H and O–H groups in total. The molecule has 7 nitrogen and oxygen atoms in total. The predicted molar refractivity (Wildman–Crippen MR) is 65.6 cm³/mol. The molecule has 0 aromatic carbocycles. The Balaban J connectivity index is 4.32. The SMILES string of the molecule is CCN(CCC(N)=NO)S(=O)(=O)CCCOC.